The summed E-state index contributed by atoms with van der Waals surface area (Å²) in [6, 6.07) is 0. The Bertz CT molecular complexity index is 350. The highest BCUT2D eigenvalue weighted by atomic mass is 16.5. The molecule has 0 radical (unpaired) electrons. The normalized spacial score (nSPS) is 14.1. The van der Waals surface area contributed by atoms with Gasteiger partial charge in [0.25, 0.3) is 0 Å². The molecule has 108 valence electrons. The van der Waals surface area contributed by atoms with E-state index in [2.05, 4.69) is 30.7 Å². The van der Waals surface area contributed by atoms with Crippen molar-refractivity contribution in [3.63, 3.8) is 0 Å². The van der Waals surface area contributed by atoms with Crippen LogP contribution in [0.25, 0.3) is 0 Å². The van der Waals surface area contributed by atoms with Gasteiger partial charge in [-0.3, -0.25) is 0 Å². The summed E-state index contributed by atoms with van der Waals surface area (Å²) < 4.78 is 6.18. The molecule has 0 aliphatic heterocycles. The molecular weight excluding hydrogens is 236 g/mol. The van der Waals surface area contributed by atoms with Crippen LogP contribution in [0, 0.1) is 6.92 Å². The molecule has 1 aromatic heterocycles. The van der Waals surface area contributed by atoms with Gasteiger partial charge in [-0.2, -0.15) is 0 Å². The van der Waals surface area contributed by atoms with Gasteiger partial charge in [0, 0.05) is 0 Å². The van der Waals surface area contributed by atoms with Crippen molar-refractivity contribution in [2.24, 2.45) is 0 Å². The first-order valence-electron chi connectivity index (χ1n) is 7.57. The van der Waals surface area contributed by atoms with E-state index in [4.69, 9.17) is 4.74 Å². The molecule has 1 unspecified atom stereocenters. The van der Waals surface area contributed by atoms with Crippen molar-refractivity contribution in [1.29, 1.82) is 0 Å². The second-order valence-corrected chi connectivity index (χ2v) is 5.58. The smallest absolute Gasteiger partial charge is 0.156 e. The number of hydrogen-bond acceptors (Lipinski definition) is 3. The lowest BCUT2D eigenvalue weighted by Crippen LogP contribution is -2.32. The Balaban J connectivity index is 2.63. The molecule has 0 aromatic carbocycles. The molecule has 19 heavy (non-hydrogen) atoms. The highest BCUT2D eigenvalue weighted by Crippen LogP contribution is 2.27. The van der Waals surface area contributed by atoms with Gasteiger partial charge in [-0.25, -0.2) is 9.97 Å². The third kappa shape index (κ3) is 6.04. The Morgan fingerprint density at radius 1 is 1.00 bits per heavy atom. The Morgan fingerprint density at radius 3 is 2.16 bits per heavy atom. The van der Waals surface area contributed by atoms with Crippen LogP contribution in [-0.4, -0.2) is 15.6 Å². The summed E-state index contributed by atoms with van der Waals surface area (Å²) in [7, 11) is 0. The van der Waals surface area contributed by atoms with E-state index in [1.165, 1.54) is 32.1 Å². The maximum atomic E-state index is 6.18. The van der Waals surface area contributed by atoms with Crippen LogP contribution in [0.2, 0.25) is 0 Å². The minimum Gasteiger partial charge on any atom is -0.484 e. The van der Waals surface area contributed by atoms with Gasteiger partial charge in [-0.15, -0.1) is 0 Å². The first-order chi connectivity index (χ1) is 9.09. The summed E-state index contributed by atoms with van der Waals surface area (Å²) in [6.45, 7) is 8.57. The minimum atomic E-state index is -0.0796. The van der Waals surface area contributed by atoms with Crippen LogP contribution in [-0.2, 0) is 0 Å². The van der Waals surface area contributed by atoms with Crippen LogP contribution in [0.4, 0.5) is 0 Å². The lowest BCUT2D eigenvalue weighted by atomic mass is 9.92. The van der Waals surface area contributed by atoms with Crippen LogP contribution < -0.4 is 4.74 Å². The highest BCUT2D eigenvalue weighted by molar-refractivity contribution is 5.13. The van der Waals surface area contributed by atoms with Crippen LogP contribution >= 0.6 is 0 Å². The molecule has 1 aromatic rings. The summed E-state index contributed by atoms with van der Waals surface area (Å²) in [6.07, 6.45) is 11.9. The van der Waals surface area contributed by atoms with Gasteiger partial charge >= 0.3 is 0 Å². The second kappa shape index (κ2) is 8.13. The fourth-order valence-corrected chi connectivity index (χ4v) is 2.24. The van der Waals surface area contributed by atoms with Gasteiger partial charge < -0.3 is 4.74 Å². The Kier molecular flexibility index (Phi) is 6.82. The van der Waals surface area contributed by atoms with E-state index in [0.717, 1.165) is 24.4 Å². The van der Waals surface area contributed by atoms with E-state index in [1.807, 2.05) is 6.92 Å². The van der Waals surface area contributed by atoms with E-state index in [-0.39, 0.29) is 5.60 Å². The fourth-order valence-electron chi connectivity index (χ4n) is 2.24. The summed E-state index contributed by atoms with van der Waals surface area (Å²) in [4.78, 5) is 8.41. The van der Waals surface area contributed by atoms with Crippen molar-refractivity contribution in [3.05, 3.63) is 18.2 Å². The van der Waals surface area contributed by atoms with Crippen molar-refractivity contribution in [2.75, 3.05) is 0 Å². The maximum absolute atomic E-state index is 6.18. The third-order valence-electron chi connectivity index (χ3n) is 3.49. The fraction of sp³-hybridized carbons (Fsp3) is 0.750. The average Bonchev–Trinajstić information content (AvgIpc) is 2.40. The first kappa shape index (κ1) is 15.9. The molecule has 3 nitrogen and oxygen atoms in total. The number of unbranched alkanes of at least 4 members (excludes halogenated alkanes) is 3. The lowest BCUT2D eigenvalue weighted by Gasteiger charge is -2.30. The van der Waals surface area contributed by atoms with E-state index in [0.29, 0.717) is 0 Å². The molecule has 0 aliphatic rings. The predicted octanol–water partition coefficient (Wildman–Crippen LogP) is 4.69. The van der Waals surface area contributed by atoms with Gasteiger partial charge in [0.15, 0.2) is 5.75 Å². The zero-order valence-corrected chi connectivity index (χ0v) is 12.9. The largest absolute Gasteiger partial charge is 0.484 e. The van der Waals surface area contributed by atoms with Gasteiger partial charge in [-0.1, -0.05) is 33.1 Å². The molecule has 0 fully saturated rings. The zero-order valence-electron chi connectivity index (χ0n) is 12.9. The molecule has 0 saturated heterocycles. The lowest BCUT2D eigenvalue weighted by molar-refractivity contribution is 0.0635. The Labute approximate surface area is 117 Å². The van der Waals surface area contributed by atoms with Crippen LogP contribution in [0.5, 0.6) is 5.75 Å². The van der Waals surface area contributed by atoms with Gasteiger partial charge in [0.05, 0.1) is 12.4 Å². The molecule has 1 rings (SSSR count). The summed E-state index contributed by atoms with van der Waals surface area (Å²) in [5.41, 5.74) is -0.0796. The van der Waals surface area contributed by atoms with Crippen LogP contribution in [0.15, 0.2) is 12.4 Å². The molecule has 0 N–H and O–H groups in total. The minimum absolute atomic E-state index is 0.0796. The van der Waals surface area contributed by atoms with Crippen molar-refractivity contribution >= 4 is 0 Å². The molecule has 1 heterocycles. The van der Waals surface area contributed by atoms with Crippen molar-refractivity contribution in [2.45, 2.75) is 78.2 Å². The molecule has 0 bridgehead atoms. The van der Waals surface area contributed by atoms with Gasteiger partial charge in [-0.05, 0) is 39.5 Å². The first-order valence-corrected chi connectivity index (χ1v) is 7.57. The number of hydrogen-bond donors (Lipinski definition) is 0. The maximum Gasteiger partial charge on any atom is 0.156 e. The number of nitrogens with zero attached hydrogens (tertiary/aromatic N) is 2. The number of rotatable bonds is 9. The topological polar surface area (TPSA) is 35.0 Å². The molecule has 0 amide bonds. The molecule has 0 saturated carbocycles. The van der Waals surface area contributed by atoms with Gasteiger partial charge in [0.1, 0.15) is 11.4 Å². The quantitative estimate of drug-likeness (QED) is 0.607. The Hall–Kier alpha value is -1.12. The number of aromatic nitrogens is 2. The average molecular weight is 264 g/mol. The van der Waals surface area contributed by atoms with Crippen molar-refractivity contribution in [1.82, 2.24) is 9.97 Å². The van der Waals surface area contributed by atoms with Crippen molar-refractivity contribution in [3.8, 4) is 5.75 Å². The second-order valence-electron chi connectivity index (χ2n) is 5.58. The Morgan fingerprint density at radius 2 is 1.58 bits per heavy atom. The van der Waals surface area contributed by atoms with Crippen LogP contribution in [0.1, 0.15) is 71.5 Å². The molecule has 3 heteroatoms. The number of ether oxygens (including phenoxy) is 1. The van der Waals surface area contributed by atoms with Crippen molar-refractivity contribution < 1.29 is 4.74 Å². The van der Waals surface area contributed by atoms with Gasteiger partial charge in [0.2, 0.25) is 0 Å². The zero-order chi connectivity index (χ0) is 14.1. The van der Waals surface area contributed by atoms with E-state index < -0.39 is 0 Å². The highest BCUT2D eigenvalue weighted by Gasteiger charge is 2.25. The third-order valence-corrected chi connectivity index (χ3v) is 3.49. The van der Waals surface area contributed by atoms with E-state index >= 15 is 0 Å². The summed E-state index contributed by atoms with van der Waals surface area (Å²) >= 11 is 0. The predicted molar refractivity (Wildman–Crippen MR) is 79.5 cm³/mol. The van der Waals surface area contributed by atoms with E-state index in [1.54, 1.807) is 12.4 Å². The molecule has 0 aliphatic carbocycles. The van der Waals surface area contributed by atoms with E-state index in [9.17, 15) is 0 Å². The number of aryl methyl sites for hydroxylation is 1. The monoisotopic (exact) mass is 264 g/mol. The SMILES string of the molecule is CCCCCC(C)(CCCC)Oc1cnc(C)nc1. The molecular formula is C16H28N2O. The summed E-state index contributed by atoms with van der Waals surface area (Å²) in [5, 5.41) is 0. The molecule has 0 spiro atoms. The van der Waals surface area contributed by atoms with Crippen LogP contribution in [0.3, 0.4) is 0 Å². The summed E-state index contributed by atoms with van der Waals surface area (Å²) in [5.74, 6) is 1.58. The molecule has 1 atom stereocenters. The standard InChI is InChI=1S/C16H28N2O/c1-5-7-9-11-16(4,10-8-6-2)19-15-12-17-14(3)18-13-15/h12-13H,5-11H2,1-4H3.